The molecule has 0 aliphatic heterocycles. The van der Waals surface area contributed by atoms with Gasteiger partial charge in [0.15, 0.2) is 17.5 Å². The van der Waals surface area contributed by atoms with Gasteiger partial charge in [0.2, 0.25) is 0 Å². The van der Waals surface area contributed by atoms with Crippen LogP contribution in [0.3, 0.4) is 0 Å². The van der Waals surface area contributed by atoms with E-state index in [0.29, 0.717) is 17.5 Å². The maximum absolute atomic E-state index is 6.71. The minimum Gasteiger partial charge on any atom is -0.455 e. The van der Waals surface area contributed by atoms with E-state index >= 15 is 0 Å². The molecule has 210 valence electrons. The highest BCUT2D eigenvalue weighted by atomic mass is 16.3. The molecule has 0 fully saturated rings. The van der Waals surface area contributed by atoms with Crippen LogP contribution in [-0.2, 0) is 0 Å². The molecule has 0 bridgehead atoms. The number of furan rings is 1. The van der Waals surface area contributed by atoms with E-state index in [1.807, 2.05) is 48.5 Å². The van der Waals surface area contributed by atoms with Gasteiger partial charge in [0.1, 0.15) is 11.2 Å². The molecule has 7 aromatic carbocycles. The molecule has 4 nitrogen and oxygen atoms in total. The summed E-state index contributed by atoms with van der Waals surface area (Å²) < 4.78 is 6.71. The summed E-state index contributed by atoms with van der Waals surface area (Å²) in [6.45, 7) is 0. The van der Waals surface area contributed by atoms with Crippen molar-refractivity contribution in [3.63, 3.8) is 0 Å². The second kappa shape index (κ2) is 10.2. The third-order valence-corrected chi connectivity index (χ3v) is 8.51. The molecule has 0 aliphatic rings. The third-order valence-electron chi connectivity index (χ3n) is 8.51. The van der Waals surface area contributed by atoms with Crippen LogP contribution < -0.4 is 0 Å². The van der Waals surface area contributed by atoms with Crippen LogP contribution in [0.2, 0.25) is 0 Å². The summed E-state index contributed by atoms with van der Waals surface area (Å²) in [7, 11) is 0. The average Bonchev–Trinajstić information content (AvgIpc) is 3.51. The van der Waals surface area contributed by atoms with E-state index in [0.717, 1.165) is 71.3 Å². The normalized spacial score (nSPS) is 11.6. The molecule has 0 saturated heterocycles. The fourth-order valence-corrected chi connectivity index (χ4v) is 6.45. The van der Waals surface area contributed by atoms with Gasteiger partial charge in [0.25, 0.3) is 0 Å². The van der Waals surface area contributed by atoms with Crippen LogP contribution in [-0.4, -0.2) is 15.0 Å². The first-order valence-corrected chi connectivity index (χ1v) is 15.0. The predicted molar refractivity (Wildman–Crippen MR) is 184 cm³/mol. The van der Waals surface area contributed by atoms with Crippen LogP contribution >= 0.6 is 0 Å². The summed E-state index contributed by atoms with van der Waals surface area (Å²) in [6.07, 6.45) is 0. The lowest BCUT2D eigenvalue weighted by Gasteiger charge is -2.13. The van der Waals surface area contributed by atoms with Gasteiger partial charge >= 0.3 is 0 Å². The minimum atomic E-state index is 0.607. The topological polar surface area (TPSA) is 51.8 Å². The van der Waals surface area contributed by atoms with Gasteiger partial charge in [-0.25, -0.2) is 15.0 Å². The Balaban J connectivity index is 1.40. The number of para-hydroxylation sites is 1. The van der Waals surface area contributed by atoms with Gasteiger partial charge in [-0.05, 0) is 39.4 Å². The fraction of sp³-hybridized carbons (Fsp3) is 0. The highest BCUT2D eigenvalue weighted by Gasteiger charge is 2.22. The molecule has 45 heavy (non-hydrogen) atoms. The van der Waals surface area contributed by atoms with Gasteiger partial charge in [-0.1, -0.05) is 140 Å². The van der Waals surface area contributed by atoms with E-state index in [1.54, 1.807) is 0 Å². The zero-order valence-corrected chi connectivity index (χ0v) is 24.2. The number of aromatic nitrogens is 3. The number of fused-ring (bicyclic) bond motifs is 6. The molecule has 0 amide bonds. The molecular weight excluding hydrogens is 550 g/mol. The van der Waals surface area contributed by atoms with E-state index in [9.17, 15) is 0 Å². The Morgan fingerprint density at radius 1 is 0.378 bits per heavy atom. The standard InChI is InChI=1S/C41H25N3O/c1-3-13-27(14-4-1)31-22-12-19-29-25-34(37-33-21-9-10-24-35(33)45-38(37)36(29)31)41-43-39(28-16-5-2-6-17-28)42-40(44-41)32-23-11-18-26-15-7-8-20-30(26)32/h1-25H. The summed E-state index contributed by atoms with van der Waals surface area (Å²) in [5, 5.41) is 6.40. The predicted octanol–water partition coefficient (Wildman–Crippen LogP) is 10.7. The zero-order chi connectivity index (χ0) is 29.7. The molecule has 9 rings (SSSR count). The van der Waals surface area contributed by atoms with Gasteiger partial charge in [-0.15, -0.1) is 0 Å². The summed E-state index contributed by atoms with van der Waals surface area (Å²) in [5.41, 5.74) is 6.74. The molecule has 4 heteroatoms. The van der Waals surface area contributed by atoms with Crippen LogP contribution in [0, 0.1) is 0 Å². The van der Waals surface area contributed by atoms with Gasteiger partial charge in [-0.2, -0.15) is 0 Å². The van der Waals surface area contributed by atoms with Crippen molar-refractivity contribution in [2.75, 3.05) is 0 Å². The van der Waals surface area contributed by atoms with Gasteiger partial charge in [0, 0.05) is 32.8 Å². The smallest absolute Gasteiger partial charge is 0.164 e. The number of hydrogen-bond acceptors (Lipinski definition) is 4. The van der Waals surface area contributed by atoms with Gasteiger partial charge in [0.05, 0.1) is 0 Å². The fourth-order valence-electron chi connectivity index (χ4n) is 6.45. The molecule has 0 atom stereocenters. The first-order chi connectivity index (χ1) is 22.3. The van der Waals surface area contributed by atoms with Crippen molar-refractivity contribution < 1.29 is 4.42 Å². The van der Waals surface area contributed by atoms with Crippen molar-refractivity contribution in [2.45, 2.75) is 0 Å². The lowest BCUT2D eigenvalue weighted by molar-refractivity contribution is 0.673. The Bertz CT molecular complexity index is 2530. The number of benzene rings is 7. The molecule has 0 spiro atoms. The lowest BCUT2D eigenvalue weighted by Crippen LogP contribution is -2.01. The highest BCUT2D eigenvalue weighted by molar-refractivity contribution is 6.23. The Morgan fingerprint density at radius 2 is 0.956 bits per heavy atom. The Labute approximate surface area is 259 Å². The van der Waals surface area contributed by atoms with Crippen molar-refractivity contribution in [3.8, 4) is 45.3 Å². The molecule has 0 N–H and O–H groups in total. The Kier molecular flexibility index (Phi) is 5.78. The summed E-state index contributed by atoms with van der Waals surface area (Å²) in [4.78, 5) is 15.4. The second-order valence-electron chi connectivity index (χ2n) is 11.2. The molecule has 2 heterocycles. The monoisotopic (exact) mass is 575 g/mol. The molecule has 0 saturated carbocycles. The second-order valence-corrected chi connectivity index (χ2v) is 11.2. The maximum Gasteiger partial charge on any atom is 0.164 e. The maximum atomic E-state index is 6.71. The van der Waals surface area contributed by atoms with E-state index in [-0.39, 0.29) is 0 Å². The van der Waals surface area contributed by atoms with E-state index in [2.05, 4.69) is 103 Å². The summed E-state index contributed by atoms with van der Waals surface area (Å²) >= 11 is 0. The average molecular weight is 576 g/mol. The first-order valence-electron chi connectivity index (χ1n) is 15.0. The molecule has 2 aromatic heterocycles. The van der Waals surface area contributed by atoms with Crippen molar-refractivity contribution >= 4 is 43.5 Å². The first kappa shape index (κ1) is 25.4. The molecule has 0 unspecified atom stereocenters. The summed E-state index contributed by atoms with van der Waals surface area (Å²) in [6, 6.07) is 52.1. The SMILES string of the molecule is c1ccc(-c2nc(-c3cccc4ccccc34)nc(-c3cc4cccc(-c5ccccc5)c4c4oc5ccccc5c34)n2)cc1. The van der Waals surface area contributed by atoms with E-state index in [4.69, 9.17) is 19.4 Å². The minimum absolute atomic E-state index is 0.607. The number of rotatable bonds is 4. The van der Waals surface area contributed by atoms with Crippen molar-refractivity contribution in [3.05, 3.63) is 152 Å². The molecular formula is C41H25N3O. The van der Waals surface area contributed by atoms with Crippen molar-refractivity contribution in [1.82, 2.24) is 15.0 Å². The highest BCUT2D eigenvalue weighted by Crippen LogP contribution is 2.44. The Morgan fingerprint density at radius 3 is 1.76 bits per heavy atom. The van der Waals surface area contributed by atoms with E-state index < -0.39 is 0 Å². The summed E-state index contributed by atoms with van der Waals surface area (Å²) in [5.74, 6) is 1.87. The van der Waals surface area contributed by atoms with Gasteiger partial charge < -0.3 is 4.42 Å². The van der Waals surface area contributed by atoms with Crippen LogP contribution in [0.4, 0.5) is 0 Å². The zero-order valence-electron chi connectivity index (χ0n) is 24.2. The molecule has 9 aromatic rings. The van der Waals surface area contributed by atoms with Crippen LogP contribution in [0.15, 0.2) is 156 Å². The van der Waals surface area contributed by atoms with Crippen LogP contribution in [0.1, 0.15) is 0 Å². The van der Waals surface area contributed by atoms with Crippen molar-refractivity contribution in [1.29, 1.82) is 0 Å². The molecule has 0 radical (unpaired) electrons. The number of hydrogen-bond donors (Lipinski definition) is 0. The van der Waals surface area contributed by atoms with Gasteiger partial charge in [-0.3, -0.25) is 0 Å². The van der Waals surface area contributed by atoms with Crippen molar-refractivity contribution in [2.24, 2.45) is 0 Å². The quantitative estimate of drug-likeness (QED) is 0.209. The largest absolute Gasteiger partial charge is 0.455 e. The van der Waals surface area contributed by atoms with E-state index in [1.165, 1.54) is 0 Å². The lowest BCUT2D eigenvalue weighted by atomic mass is 9.93. The Hall–Kier alpha value is -6.13. The number of nitrogens with zero attached hydrogens (tertiary/aromatic N) is 3. The van der Waals surface area contributed by atoms with Crippen LogP contribution in [0.5, 0.6) is 0 Å². The third kappa shape index (κ3) is 4.19. The molecule has 0 aliphatic carbocycles. The van der Waals surface area contributed by atoms with Crippen LogP contribution in [0.25, 0.3) is 88.8 Å².